The Morgan fingerprint density at radius 3 is 1.93 bits per heavy atom. The average molecular weight is 488 g/mol. The highest BCUT2D eigenvalue weighted by Crippen LogP contribution is 2.61. The molecule has 0 heterocycles. The monoisotopic (exact) mass is 488 g/mol. The van der Waals surface area contributed by atoms with Crippen molar-refractivity contribution in [3.63, 3.8) is 0 Å². The van der Waals surface area contributed by atoms with Crippen molar-refractivity contribution >= 4 is 38.9 Å². The molecule has 0 aliphatic carbocycles. The van der Waals surface area contributed by atoms with Crippen molar-refractivity contribution in [1.82, 2.24) is 0 Å². The predicted octanol–water partition coefficient (Wildman–Crippen LogP) is 2.57. The van der Waals surface area contributed by atoms with Gasteiger partial charge in [-0.3, -0.25) is 9.13 Å². The molecule has 0 aromatic heterocycles. The first-order valence-corrected chi connectivity index (χ1v) is 13.5. The molecule has 1 unspecified atom stereocenters. The molecule has 30 heavy (non-hydrogen) atoms. The second kappa shape index (κ2) is 13.5. The standard InChI is InChI=1S/C17H30O10P2S/c1-12(2)16(18)26-10-14(27-17(19)13(3)4)11-30-9-7-5-6-8-15(28(20,21)22)29(23,24)25/h14-15H,1,3,5-11H2,2,4H3,(H2,20,21,22)(H2,23,24,25). The number of rotatable bonds is 15. The Hall–Kier alpha value is -0.930. The smallest absolute Gasteiger partial charge is 0.340 e. The molecule has 0 radical (unpaired) electrons. The Labute approximate surface area is 180 Å². The fourth-order valence-electron chi connectivity index (χ4n) is 2.11. The largest absolute Gasteiger partial charge is 0.458 e. The quantitative estimate of drug-likeness (QED) is 0.116. The number of hydrogen-bond acceptors (Lipinski definition) is 7. The van der Waals surface area contributed by atoms with E-state index in [1.807, 2.05) is 0 Å². The van der Waals surface area contributed by atoms with Crippen molar-refractivity contribution in [2.24, 2.45) is 0 Å². The molecular formula is C17H30O10P2S. The Bertz CT molecular complexity index is 689. The van der Waals surface area contributed by atoms with Gasteiger partial charge in [0.1, 0.15) is 12.7 Å². The van der Waals surface area contributed by atoms with Gasteiger partial charge in [0.25, 0.3) is 0 Å². The topological polar surface area (TPSA) is 168 Å². The molecule has 0 aromatic carbocycles. The minimum atomic E-state index is -4.89. The summed E-state index contributed by atoms with van der Waals surface area (Å²) in [6, 6.07) is 0. The highest BCUT2D eigenvalue weighted by Gasteiger charge is 2.42. The summed E-state index contributed by atoms with van der Waals surface area (Å²) in [4.78, 5) is 59.5. The molecule has 0 bridgehead atoms. The van der Waals surface area contributed by atoms with Gasteiger partial charge < -0.3 is 29.0 Å². The van der Waals surface area contributed by atoms with Crippen LogP contribution in [0.1, 0.15) is 39.5 Å². The highest BCUT2D eigenvalue weighted by molar-refractivity contribution is 7.99. The van der Waals surface area contributed by atoms with Gasteiger partial charge in [0.2, 0.25) is 0 Å². The third-order valence-electron chi connectivity index (χ3n) is 3.70. The SMILES string of the molecule is C=C(C)C(=O)OCC(CSCCCCCC(P(=O)(O)O)P(=O)(O)O)OC(=O)C(=C)C. The van der Waals surface area contributed by atoms with Gasteiger partial charge in [0, 0.05) is 16.9 Å². The molecule has 0 amide bonds. The van der Waals surface area contributed by atoms with Crippen LogP contribution in [0.15, 0.2) is 24.3 Å². The second-order valence-electron chi connectivity index (χ2n) is 6.77. The van der Waals surface area contributed by atoms with E-state index in [2.05, 4.69) is 13.2 Å². The lowest BCUT2D eigenvalue weighted by molar-refractivity contribution is -0.152. The van der Waals surface area contributed by atoms with Crippen LogP contribution < -0.4 is 0 Å². The van der Waals surface area contributed by atoms with E-state index in [1.54, 1.807) is 0 Å². The zero-order valence-electron chi connectivity index (χ0n) is 17.1. The van der Waals surface area contributed by atoms with E-state index in [-0.39, 0.29) is 30.6 Å². The van der Waals surface area contributed by atoms with E-state index in [4.69, 9.17) is 29.0 Å². The van der Waals surface area contributed by atoms with Crippen molar-refractivity contribution in [3.8, 4) is 0 Å². The Morgan fingerprint density at radius 1 is 0.933 bits per heavy atom. The van der Waals surface area contributed by atoms with Crippen LogP contribution in [0.25, 0.3) is 0 Å². The number of hydrogen-bond donors (Lipinski definition) is 4. The Morgan fingerprint density at radius 2 is 1.47 bits per heavy atom. The van der Waals surface area contributed by atoms with E-state index in [1.165, 1.54) is 25.6 Å². The van der Waals surface area contributed by atoms with Gasteiger partial charge >= 0.3 is 27.1 Å². The molecule has 10 nitrogen and oxygen atoms in total. The van der Waals surface area contributed by atoms with Crippen molar-refractivity contribution in [3.05, 3.63) is 24.3 Å². The molecular weight excluding hydrogens is 458 g/mol. The fraction of sp³-hybridized carbons (Fsp3) is 0.647. The summed E-state index contributed by atoms with van der Waals surface area (Å²) in [6.07, 6.45) is 0.397. The van der Waals surface area contributed by atoms with E-state index >= 15 is 0 Å². The zero-order valence-corrected chi connectivity index (χ0v) is 19.7. The molecule has 0 fully saturated rings. The summed E-state index contributed by atoms with van der Waals surface area (Å²) in [5.41, 5.74) is 0.428. The van der Waals surface area contributed by atoms with Gasteiger partial charge in [-0.15, -0.1) is 0 Å². The van der Waals surface area contributed by atoms with Gasteiger partial charge in [0.05, 0.1) is 0 Å². The van der Waals surface area contributed by atoms with Gasteiger partial charge in [-0.1, -0.05) is 26.0 Å². The number of unbranched alkanes of at least 4 members (excludes halogenated alkanes) is 2. The molecule has 4 N–H and O–H groups in total. The molecule has 0 rings (SSSR count). The maximum atomic E-state index is 11.7. The predicted molar refractivity (Wildman–Crippen MR) is 114 cm³/mol. The van der Waals surface area contributed by atoms with Gasteiger partial charge in [-0.05, 0) is 32.4 Å². The van der Waals surface area contributed by atoms with E-state index in [0.29, 0.717) is 24.3 Å². The van der Waals surface area contributed by atoms with Crippen molar-refractivity contribution in [1.29, 1.82) is 0 Å². The molecule has 174 valence electrons. The third-order valence-corrected chi connectivity index (χ3v) is 8.76. The van der Waals surface area contributed by atoms with Gasteiger partial charge in [-0.2, -0.15) is 11.8 Å². The number of esters is 2. The van der Waals surface area contributed by atoms with Crippen LogP contribution in [-0.4, -0.2) is 61.1 Å². The van der Waals surface area contributed by atoms with E-state index < -0.39 is 38.6 Å². The van der Waals surface area contributed by atoms with Crippen LogP contribution in [-0.2, 0) is 28.2 Å². The van der Waals surface area contributed by atoms with Crippen LogP contribution in [0.4, 0.5) is 0 Å². The number of carbonyl (C=O) groups excluding carboxylic acids is 2. The molecule has 0 spiro atoms. The maximum Gasteiger partial charge on any atom is 0.340 e. The van der Waals surface area contributed by atoms with E-state index in [0.717, 1.165) is 0 Å². The van der Waals surface area contributed by atoms with Crippen molar-refractivity contribution in [2.75, 3.05) is 18.1 Å². The minimum Gasteiger partial charge on any atom is -0.458 e. The van der Waals surface area contributed by atoms with E-state index in [9.17, 15) is 18.7 Å². The lowest BCUT2D eigenvalue weighted by atomic mass is 10.2. The summed E-state index contributed by atoms with van der Waals surface area (Å²) >= 11 is 1.42. The molecule has 1 atom stereocenters. The summed E-state index contributed by atoms with van der Waals surface area (Å²) in [5, 5.41) is -1.98. The Kier molecular flexibility index (Phi) is 13.1. The summed E-state index contributed by atoms with van der Waals surface area (Å²) in [7, 11) is -9.78. The van der Waals surface area contributed by atoms with Crippen LogP contribution in [0.2, 0.25) is 0 Å². The van der Waals surface area contributed by atoms with Crippen LogP contribution in [0.3, 0.4) is 0 Å². The lowest BCUT2D eigenvalue weighted by Gasteiger charge is -2.19. The van der Waals surface area contributed by atoms with Crippen LogP contribution >= 0.6 is 27.0 Å². The fourth-order valence-corrected chi connectivity index (χ4v) is 5.72. The van der Waals surface area contributed by atoms with Gasteiger partial charge in [-0.25, -0.2) is 9.59 Å². The first kappa shape index (κ1) is 29.1. The van der Waals surface area contributed by atoms with Crippen molar-refractivity contribution in [2.45, 2.75) is 51.0 Å². The minimum absolute atomic E-state index is 0.135. The number of carbonyl (C=O) groups is 2. The van der Waals surface area contributed by atoms with Crippen LogP contribution in [0, 0.1) is 0 Å². The normalized spacial score (nSPS) is 13.0. The maximum absolute atomic E-state index is 11.7. The van der Waals surface area contributed by atoms with Crippen molar-refractivity contribution < 1.29 is 47.8 Å². The summed E-state index contributed by atoms with van der Waals surface area (Å²) < 4.78 is 32.7. The highest BCUT2D eigenvalue weighted by atomic mass is 32.2. The molecule has 0 aliphatic heterocycles. The summed E-state index contributed by atoms with van der Waals surface area (Å²) in [5.74, 6) is -0.254. The molecule has 0 saturated heterocycles. The third kappa shape index (κ3) is 12.7. The molecule has 0 saturated carbocycles. The Balaban J connectivity index is 4.40. The summed E-state index contributed by atoms with van der Waals surface area (Å²) in [6.45, 7) is 9.82. The average Bonchev–Trinajstić information content (AvgIpc) is 2.58. The first-order chi connectivity index (χ1) is 13.7. The van der Waals surface area contributed by atoms with Gasteiger partial charge in [0.15, 0.2) is 5.40 Å². The molecule has 13 heteroatoms. The second-order valence-corrected chi connectivity index (χ2v) is 11.9. The number of ether oxygens (including phenoxy) is 2. The molecule has 0 aliphatic rings. The lowest BCUT2D eigenvalue weighted by Crippen LogP contribution is -2.28. The first-order valence-electron chi connectivity index (χ1n) is 9.03. The zero-order chi connectivity index (χ0) is 23.5. The van der Waals surface area contributed by atoms with Crippen LogP contribution in [0.5, 0.6) is 0 Å². The molecule has 0 aromatic rings. The number of thioether (sulfide) groups is 1.